The summed E-state index contributed by atoms with van der Waals surface area (Å²) in [6.07, 6.45) is 1.65. The highest BCUT2D eigenvalue weighted by atomic mass is 127. The number of nitrogens with zero attached hydrogens (tertiary/aromatic N) is 4. The zero-order chi connectivity index (χ0) is 22.5. The first kappa shape index (κ1) is 25.3. The summed E-state index contributed by atoms with van der Waals surface area (Å²) in [6, 6.07) is 15.0. The van der Waals surface area contributed by atoms with Gasteiger partial charge >= 0.3 is 0 Å². The fourth-order valence-corrected chi connectivity index (χ4v) is 4.70. The number of hydrogen-bond donors (Lipinski definition) is 1. The number of halogens is 1. The Labute approximate surface area is 215 Å². The van der Waals surface area contributed by atoms with Gasteiger partial charge in [0.1, 0.15) is 0 Å². The average molecular weight is 562 g/mol. The van der Waals surface area contributed by atoms with Crippen LogP contribution in [0.15, 0.2) is 47.5 Å². The standard InChI is InChI=1S/C26H35N5O.HI/c1-20-8-6-11-24(21(20)2)29-14-16-30(17-15-29)26(27-3)28-18-22-9-4-5-10-23(22)19-31-13-7-12-25(31)32;/h4-6,8-11H,7,12-19H2,1-3H3,(H,27,28);1H. The van der Waals surface area contributed by atoms with Crippen molar-refractivity contribution in [1.82, 2.24) is 15.1 Å². The fraction of sp³-hybridized carbons (Fsp3) is 0.462. The van der Waals surface area contributed by atoms with Crippen LogP contribution in [-0.2, 0) is 17.9 Å². The van der Waals surface area contributed by atoms with E-state index in [1.54, 1.807) is 0 Å². The lowest BCUT2D eigenvalue weighted by Crippen LogP contribution is -2.52. The van der Waals surface area contributed by atoms with E-state index < -0.39 is 0 Å². The topological polar surface area (TPSA) is 51.2 Å². The molecule has 2 fully saturated rings. The summed E-state index contributed by atoms with van der Waals surface area (Å²) in [5, 5.41) is 3.56. The predicted octanol–water partition coefficient (Wildman–Crippen LogP) is 3.94. The van der Waals surface area contributed by atoms with Gasteiger partial charge in [0.25, 0.3) is 0 Å². The number of piperazine rings is 1. The van der Waals surface area contributed by atoms with Gasteiger partial charge in [0, 0.05) is 65.0 Å². The Hall–Kier alpha value is -2.29. The minimum atomic E-state index is 0. The van der Waals surface area contributed by atoms with Crippen LogP contribution in [0.2, 0.25) is 0 Å². The average Bonchev–Trinajstić information content (AvgIpc) is 3.22. The molecular weight excluding hydrogens is 525 g/mol. The van der Waals surface area contributed by atoms with Gasteiger partial charge < -0.3 is 20.0 Å². The van der Waals surface area contributed by atoms with Crippen LogP contribution in [-0.4, -0.2) is 61.4 Å². The van der Waals surface area contributed by atoms with Gasteiger partial charge in [-0.3, -0.25) is 9.79 Å². The van der Waals surface area contributed by atoms with Gasteiger partial charge in [-0.15, -0.1) is 24.0 Å². The third kappa shape index (κ3) is 5.99. The SMILES string of the molecule is CN=C(NCc1ccccc1CN1CCCC1=O)N1CCN(c2cccc(C)c2C)CC1.I. The van der Waals surface area contributed by atoms with Crippen molar-refractivity contribution in [3.63, 3.8) is 0 Å². The summed E-state index contributed by atoms with van der Waals surface area (Å²) >= 11 is 0. The van der Waals surface area contributed by atoms with Crippen LogP contribution < -0.4 is 10.2 Å². The molecule has 1 N–H and O–H groups in total. The van der Waals surface area contributed by atoms with Crippen molar-refractivity contribution in [3.05, 3.63) is 64.7 Å². The van der Waals surface area contributed by atoms with Crippen LogP contribution in [0.25, 0.3) is 0 Å². The number of benzene rings is 2. The molecule has 0 radical (unpaired) electrons. The number of rotatable bonds is 5. The molecule has 6 nitrogen and oxygen atoms in total. The van der Waals surface area contributed by atoms with Crippen LogP contribution in [0.5, 0.6) is 0 Å². The van der Waals surface area contributed by atoms with Gasteiger partial charge in [0.2, 0.25) is 5.91 Å². The van der Waals surface area contributed by atoms with Gasteiger partial charge in [0.05, 0.1) is 0 Å². The van der Waals surface area contributed by atoms with Gasteiger partial charge in [-0.25, -0.2) is 0 Å². The molecule has 0 unspecified atom stereocenters. The number of nitrogens with one attached hydrogen (secondary N) is 1. The molecule has 7 heteroatoms. The first-order chi connectivity index (χ1) is 15.6. The van der Waals surface area contributed by atoms with Gasteiger partial charge in [-0.2, -0.15) is 0 Å². The third-order valence-electron chi connectivity index (χ3n) is 6.80. The minimum Gasteiger partial charge on any atom is -0.368 e. The maximum Gasteiger partial charge on any atom is 0.222 e. The number of likely N-dealkylation sites (tertiary alicyclic amines) is 1. The van der Waals surface area contributed by atoms with E-state index >= 15 is 0 Å². The zero-order valence-electron chi connectivity index (χ0n) is 20.0. The van der Waals surface area contributed by atoms with E-state index in [-0.39, 0.29) is 29.9 Å². The number of amides is 1. The molecule has 2 aliphatic rings. The Bertz CT molecular complexity index is 984. The van der Waals surface area contributed by atoms with Crippen molar-refractivity contribution in [2.75, 3.05) is 44.7 Å². The molecule has 2 saturated heterocycles. The van der Waals surface area contributed by atoms with Crippen molar-refractivity contribution < 1.29 is 4.79 Å². The number of carbonyl (C=O) groups is 1. The number of hydrogen-bond acceptors (Lipinski definition) is 3. The van der Waals surface area contributed by atoms with E-state index in [1.165, 1.54) is 27.9 Å². The van der Waals surface area contributed by atoms with E-state index in [9.17, 15) is 4.79 Å². The molecule has 2 heterocycles. The number of carbonyl (C=O) groups excluding carboxylic acids is 1. The molecular formula is C26H36IN5O. The first-order valence-corrected chi connectivity index (χ1v) is 11.7. The maximum atomic E-state index is 12.1. The van der Waals surface area contributed by atoms with Crippen molar-refractivity contribution >= 4 is 41.5 Å². The van der Waals surface area contributed by atoms with Gasteiger partial charge in [-0.1, -0.05) is 36.4 Å². The van der Waals surface area contributed by atoms with Crippen molar-refractivity contribution in [3.8, 4) is 0 Å². The van der Waals surface area contributed by atoms with Crippen LogP contribution in [0.1, 0.15) is 35.1 Å². The normalized spacial score (nSPS) is 16.8. The second-order valence-electron chi connectivity index (χ2n) is 8.78. The lowest BCUT2D eigenvalue weighted by atomic mass is 10.1. The second-order valence-corrected chi connectivity index (χ2v) is 8.78. The smallest absolute Gasteiger partial charge is 0.222 e. The largest absolute Gasteiger partial charge is 0.368 e. The predicted molar refractivity (Wildman–Crippen MR) is 146 cm³/mol. The highest BCUT2D eigenvalue weighted by molar-refractivity contribution is 14.0. The van der Waals surface area contributed by atoms with Crippen molar-refractivity contribution in [2.24, 2.45) is 4.99 Å². The van der Waals surface area contributed by atoms with Crippen LogP contribution in [0.3, 0.4) is 0 Å². The zero-order valence-corrected chi connectivity index (χ0v) is 22.3. The summed E-state index contributed by atoms with van der Waals surface area (Å²) in [5.74, 6) is 1.21. The molecule has 2 aromatic rings. The molecule has 0 atom stereocenters. The molecule has 0 saturated carbocycles. The Morgan fingerprint density at radius 3 is 2.36 bits per heavy atom. The van der Waals surface area contributed by atoms with Crippen LogP contribution >= 0.6 is 24.0 Å². The van der Waals surface area contributed by atoms with E-state index in [1.807, 2.05) is 11.9 Å². The minimum absolute atomic E-state index is 0. The molecule has 178 valence electrons. The van der Waals surface area contributed by atoms with E-state index in [4.69, 9.17) is 0 Å². The quantitative estimate of drug-likeness (QED) is 0.342. The summed E-state index contributed by atoms with van der Waals surface area (Å²) in [7, 11) is 1.86. The van der Waals surface area contributed by atoms with Crippen LogP contribution in [0.4, 0.5) is 5.69 Å². The van der Waals surface area contributed by atoms with Crippen molar-refractivity contribution in [1.29, 1.82) is 0 Å². The number of anilines is 1. The van der Waals surface area contributed by atoms with E-state index in [0.29, 0.717) is 19.5 Å². The Morgan fingerprint density at radius 1 is 0.970 bits per heavy atom. The third-order valence-corrected chi connectivity index (χ3v) is 6.80. The highest BCUT2D eigenvalue weighted by Crippen LogP contribution is 2.24. The summed E-state index contributed by atoms with van der Waals surface area (Å²) in [6.45, 7) is 10.5. The Balaban J connectivity index is 0.00000306. The van der Waals surface area contributed by atoms with Crippen molar-refractivity contribution in [2.45, 2.75) is 39.8 Å². The monoisotopic (exact) mass is 561 g/mol. The van der Waals surface area contributed by atoms with E-state index in [2.05, 4.69) is 76.4 Å². The molecule has 2 aromatic carbocycles. The fourth-order valence-electron chi connectivity index (χ4n) is 4.70. The number of guanidine groups is 1. The Morgan fingerprint density at radius 2 is 1.70 bits per heavy atom. The molecule has 4 rings (SSSR count). The Kier molecular flexibility index (Phi) is 9.00. The highest BCUT2D eigenvalue weighted by Gasteiger charge is 2.23. The maximum absolute atomic E-state index is 12.1. The summed E-state index contributed by atoms with van der Waals surface area (Å²) in [4.78, 5) is 23.4. The lowest BCUT2D eigenvalue weighted by molar-refractivity contribution is -0.128. The lowest BCUT2D eigenvalue weighted by Gasteiger charge is -2.38. The molecule has 0 aromatic heterocycles. The molecule has 0 spiro atoms. The molecule has 33 heavy (non-hydrogen) atoms. The first-order valence-electron chi connectivity index (χ1n) is 11.7. The summed E-state index contributed by atoms with van der Waals surface area (Å²) < 4.78 is 0. The van der Waals surface area contributed by atoms with Gasteiger partial charge in [-0.05, 0) is 48.6 Å². The number of aliphatic imine (C=N–C) groups is 1. The molecule has 1 amide bonds. The molecule has 0 bridgehead atoms. The van der Waals surface area contributed by atoms with Gasteiger partial charge in [0.15, 0.2) is 5.96 Å². The second kappa shape index (κ2) is 11.7. The van der Waals surface area contributed by atoms with Crippen LogP contribution in [0, 0.1) is 13.8 Å². The van der Waals surface area contributed by atoms with E-state index in [0.717, 1.165) is 45.1 Å². The molecule has 0 aliphatic carbocycles. The number of aryl methyl sites for hydroxylation is 1. The molecule has 2 aliphatic heterocycles. The summed E-state index contributed by atoms with van der Waals surface area (Å²) in [5.41, 5.74) is 6.50.